The summed E-state index contributed by atoms with van der Waals surface area (Å²) in [5, 5.41) is 15.6. The minimum Gasteiger partial charge on any atom is -0.393 e. The number of aliphatic hydroxyl groups excluding tert-OH is 1. The van der Waals surface area contributed by atoms with Crippen molar-refractivity contribution in [1.29, 1.82) is 0 Å². The molecule has 1 aromatic heterocycles. The van der Waals surface area contributed by atoms with E-state index in [1.807, 2.05) is 20.9 Å². The third-order valence-corrected chi connectivity index (χ3v) is 2.56. The van der Waals surface area contributed by atoms with E-state index in [-0.39, 0.29) is 6.10 Å². The van der Waals surface area contributed by atoms with Crippen LogP contribution in [0, 0.1) is 6.92 Å². The van der Waals surface area contributed by atoms with Gasteiger partial charge in [-0.25, -0.2) is 9.97 Å². The zero-order chi connectivity index (χ0) is 12.0. The van der Waals surface area contributed by atoms with Crippen molar-refractivity contribution < 1.29 is 5.11 Å². The first-order chi connectivity index (χ1) is 7.69. The lowest BCUT2D eigenvalue weighted by Crippen LogP contribution is -2.14. The van der Waals surface area contributed by atoms with Gasteiger partial charge in [-0.15, -0.1) is 0 Å². The van der Waals surface area contributed by atoms with Crippen LogP contribution in [-0.4, -0.2) is 34.8 Å². The van der Waals surface area contributed by atoms with Gasteiger partial charge >= 0.3 is 0 Å². The number of nitrogens with zero attached hydrogens (tertiary/aromatic N) is 2. The molecule has 0 spiro atoms. The molecular formula is C11H20N4O. The summed E-state index contributed by atoms with van der Waals surface area (Å²) in [6.07, 6.45) is 2.80. The first kappa shape index (κ1) is 12.7. The van der Waals surface area contributed by atoms with Crippen molar-refractivity contribution in [2.24, 2.45) is 0 Å². The van der Waals surface area contributed by atoms with E-state index in [1.165, 1.54) is 6.33 Å². The Bertz CT molecular complexity index is 330. The fourth-order valence-electron chi connectivity index (χ4n) is 1.44. The van der Waals surface area contributed by atoms with Crippen molar-refractivity contribution in [3.8, 4) is 0 Å². The second kappa shape index (κ2) is 6.27. The molecule has 0 saturated carbocycles. The van der Waals surface area contributed by atoms with Crippen molar-refractivity contribution in [3.05, 3.63) is 11.9 Å². The molecule has 1 atom stereocenters. The van der Waals surface area contributed by atoms with Crippen LogP contribution in [0.3, 0.4) is 0 Å². The Morgan fingerprint density at radius 2 is 2.06 bits per heavy atom. The smallest absolute Gasteiger partial charge is 0.134 e. The predicted octanol–water partition coefficient (Wildman–Crippen LogP) is 1.40. The Labute approximate surface area is 96.3 Å². The number of aliphatic hydroxyl groups is 1. The fraction of sp³-hybridized carbons (Fsp3) is 0.636. The molecule has 0 saturated heterocycles. The predicted molar refractivity (Wildman–Crippen MR) is 65.7 cm³/mol. The van der Waals surface area contributed by atoms with Crippen LogP contribution in [0.15, 0.2) is 6.33 Å². The maximum atomic E-state index is 9.42. The Morgan fingerprint density at radius 1 is 1.38 bits per heavy atom. The van der Waals surface area contributed by atoms with Crippen molar-refractivity contribution >= 4 is 11.6 Å². The average molecular weight is 224 g/mol. The quantitative estimate of drug-likeness (QED) is 0.681. The van der Waals surface area contributed by atoms with Gasteiger partial charge in [0.05, 0.1) is 6.10 Å². The van der Waals surface area contributed by atoms with Crippen LogP contribution in [-0.2, 0) is 0 Å². The van der Waals surface area contributed by atoms with E-state index in [4.69, 9.17) is 0 Å². The van der Waals surface area contributed by atoms with E-state index in [2.05, 4.69) is 20.6 Å². The molecule has 1 heterocycles. The third-order valence-electron chi connectivity index (χ3n) is 2.56. The molecular weight excluding hydrogens is 204 g/mol. The van der Waals surface area contributed by atoms with Crippen molar-refractivity contribution in [2.75, 3.05) is 24.2 Å². The van der Waals surface area contributed by atoms with Crippen LogP contribution in [0.2, 0.25) is 0 Å². The van der Waals surface area contributed by atoms with Gasteiger partial charge in [0.2, 0.25) is 0 Å². The highest BCUT2D eigenvalue weighted by Crippen LogP contribution is 2.17. The first-order valence-corrected chi connectivity index (χ1v) is 5.60. The summed E-state index contributed by atoms with van der Waals surface area (Å²) < 4.78 is 0. The Morgan fingerprint density at radius 3 is 2.69 bits per heavy atom. The van der Waals surface area contributed by atoms with E-state index in [9.17, 15) is 5.11 Å². The van der Waals surface area contributed by atoms with E-state index in [0.29, 0.717) is 0 Å². The second-order valence-corrected chi connectivity index (χ2v) is 3.72. The molecule has 0 aliphatic heterocycles. The summed E-state index contributed by atoms with van der Waals surface area (Å²) in [5.41, 5.74) is 0.996. The van der Waals surface area contributed by atoms with E-state index in [0.717, 1.165) is 36.6 Å². The average Bonchev–Trinajstić information content (AvgIpc) is 2.31. The molecule has 0 aromatic carbocycles. The summed E-state index contributed by atoms with van der Waals surface area (Å²) in [7, 11) is 1.83. The van der Waals surface area contributed by atoms with E-state index in [1.54, 1.807) is 0 Å². The standard InChI is InChI=1S/C11H20N4O/c1-4-9(16)5-6-13-11-8(2)10(12-3)14-7-15-11/h7,9,16H,4-6H2,1-3H3,(H2,12,13,14,15). The van der Waals surface area contributed by atoms with Crippen LogP contribution >= 0.6 is 0 Å². The third kappa shape index (κ3) is 3.34. The number of rotatable bonds is 6. The minimum absolute atomic E-state index is 0.238. The summed E-state index contributed by atoms with van der Waals surface area (Å²) in [5.74, 6) is 1.65. The molecule has 0 bridgehead atoms. The van der Waals surface area contributed by atoms with Gasteiger partial charge in [-0.3, -0.25) is 0 Å². The maximum absolute atomic E-state index is 9.42. The highest BCUT2D eigenvalue weighted by atomic mass is 16.3. The molecule has 90 valence electrons. The van der Waals surface area contributed by atoms with Crippen LogP contribution in [0.1, 0.15) is 25.3 Å². The van der Waals surface area contributed by atoms with E-state index < -0.39 is 0 Å². The summed E-state index contributed by atoms with van der Waals surface area (Å²) >= 11 is 0. The number of hydrogen-bond donors (Lipinski definition) is 3. The number of aromatic nitrogens is 2. The van der Waals surface area contributed by atoms with Gasteiger partial charge in [0.15, 0.2) is 0 Å². The molecule has 5 heteroatoms. The van der Waals surface area contributed by atoms with Gasteiger partial charge < -0.3 is 15.7 Å². The Kier molecular flexibility index (Phi) is 4.98. The summed E-state index contributed by atoms with van der Waals surface area (Å²) in [4.78, 5) is 8.27. The SMILES string of the molecule is CCC(O)CCNc1ncnc(NC)c1C. The van der Waals surface area contributed by atoms with E-state index >= 15 is 0 Å². The van der Waals surface area contributed by atoms with Gasteiger partial charge in [-0.2, -0.15) is 0 Å². The first-order valence-electron chi connectivity index (χ1n) is 5.60. The van der Waals surface area contributed by atoms with Crippen LogP contribution < -0.4 is 10.6 Å². The molecule has 0 aliphatic rings. The second-order valence-electron chi connectivity index (χ2n) is 3.72. The molecule has 0 amide bonds. The molecule has 0 radical (unpaired) electrons. The highest BCUT2D eigenvalue weighted by molar-refractivity contribution is 5.55. The van der Waals surface area contributed by atoms with Gasteiger partial charge in [0.25, 0.3) is 0 Å². The van der Waals surface area contributed by atoms with Gasteiger partial charge in [0.1, 0.15) is 18.0 Å². The lowest BCUT2D eigenvalue weighted by atomic mass is 10.2. The van der Waals surface area contributed by atoms with Gasteiger partial charge in [-0.1, -0.05) is 6.92 Å². The van der Waals surface area contributed by atoms with Crippen molar-refractivity contribution in [3.63, 3.8) is 0 Å². The lowest BCUT2D eigenvalue weighted by molar-refractivity contribution is 0.164. The number of hydrogen-bond acceptors (Lipinski definition) is 5. The topological polar surface area (TPSA) is 70.1 Å². The van der Waals surface area contributed by atoms with Crippen molar-refractivity contribution in [2.45, 2.75) is 32.8 Å². The Balaban J connectivity index is 2.54. The van der Waals surface area contributed by atoms with Gasteiger partial charge in [0, 0.05) is 19.2 Å². The van der Waals surface area contributed by atoms with Crippen LogP contribution in [0.4, 0.5) is 11.6 Å². The van der Waals surface area contributed by atoms with Crippen LogP contribution in [0.5, 0.6) is 0 Å². The fourth-order valence-corrected chi connectivity index (χ4v) is 1.44. The maximum Gasteiger partial charge on any atom is 0.134 e. The van der Waals surface area contributed by atoms with Crippen molar-refractivity contribution in [1.82, 2.24) is 9.97 Å². The monoisotopic (exact) mass is 224 g/mol. The minimum atomic E-state index is -0.238. The normalized spacial score (nSPS) is 12.2. The molecule has 0 aliphatic carbocycles. The zero-order valence-corrected chi connectivity index (χ0v) is 10.1. The highest BCUT2D eigenvalue weighted by Gasteiger charge is 2.05. The molecule has 1 unspecified atom stereocenters. The molecule has 1 aromatic rings. The Hall–Kier alpha value is -1.36. The molecule has 3 N–H and O–H groups in total. The summed E-state index contributed by atoms with van der Waals surface area (Å²) in [6.45, 7) is 4.65. The number of anilines is 2. The van der Waals surface area contributed by atoms with Gasteiger partial charge in [-0.05, 0) is 19.8 Å². The number of nitrogens with one attached hydrogen (secondary N) is 2. The molecule has 16 heavy (non-hydrogen) atoms. The molecule has 1 rings (SSSR count). The zero-order valence-electron chi connectivity index (χ0n) is 10.1. The lowest BCUT2D eigenvalue weighted by Gasteiger charge is -2.12. The van der Waals surface area contributed by atoms with Crippen LogP contribution in [0.25, 0.3) is 0 Å². The largest absolute Gasteiger partial charge is 0.393 e. The summed E-state index contributed by atoms with van der Waals surface area (Å²) in [6, 6.07) is 0. The molecule has 0 fully saturated rings. The molecule has 5 nitrogen and oxygen atoms in total.